The summed E-state index contributed by atoms with van der Waals surface area (Å²) in [5.41, 5.74) is 0.930. The number of fused-ring (bicyclic) bond motifs is 3. The molecule has 0 saturated heterocycles. The molecule has 8 heteroatoms. The molecule has 122 valence electrons. The van der Waals surface area contributed by atoms with Crippen molar-refractivity contribution in [3.63, 3.8) is 0 Å². The van der Waals surface area contributed by atoms with Gasteiger partial charge in [-0.1, -0.05) is 0 Å². The Morgan fingerprint density at radius 1 is 1.43 bits per heavy atom. The SMILES string of the molecule is CNC(=O)CN(C)C(=O)Cn1cnc2sc3c(c2c1=O)CCC3. The summed E-state index contributed by atoms with van der Waals surface area (Å²) >= 11 is 1.57. The van der Waals surface area contributed by atoms with E-state index in [-0.39, 0.29) is 30.5 Å². The number of hydrogen-bond donors (Lipinski definition) is 1. The lowest BCUT2D eigenvalue weighted by atomic mass is 10.2. The second-order valence-corrected chi connectivity index (χ2v) is 6.72. The average Bonchev–Trinajstić information content (AvgIpc) is 3.10. The van der Waals surface area contributed by atoms with Crippen molar-refractivity contribution in [2.24, 2.45) is 0 Å². The minimum Gasteiger partial charge on any atom is -0.358 e. The zero-order chi connectivity index (χ0) is 16.6. The lowest BCUT2D eigenvalue weighted by molar-refractivity contribution is -0.135. The molecule has 1 N–H and O–H groups in total. The Morgan fingerprint density at radius 3 is 2.96 bits per heavy atom. The standard InChI is InChI=1S/C15H18N4O3S/c1-16-11(20)6-18(2)12(21)7-19-8-17-14-13(15(19)22)9-4-3-5-10(9)23-14/h8H,3-7H2,1-2H3,(H,16,20). The number of thiophene rings is 1. The van der Waals surface area contributed by atoms with Crippen LogP contribution >= 0.6 is 11.3 Å². The third-order valence-electron chi connectivity index (χ3n) is 4.08. The highest BCUT2D eigenvalue weighted by atomic mass is 32.1. The fraction of sp³-hybridized carbons (Fsp3) is 0.467. The number of carbonyl (C=O) groups is 2. The highest BCUT2D eigenvalue weighted by Gasteiger charge is 2.22. The van der Waals surface area contributed by atoms with Gasteiger partial charge in [0.05, 0.1) is 18.3 Å². The molecule has 23 heavy (non-hydrogen) atoms. The quantitative estimate of drug-likeness (QED) is 0.863. The predicted molar refractivity (Wildman–Crippen MR) is 87.6 cm³/mol. The van der Waals surface area contributed by atoms with Gasteiger partial charge in [0.25, 0.3) is 5.56 Å². The number of aryl methyl sites for hydroxylation is 2. The number of rotatable bonds is 4. The first-order valence-electron chi connectivity index (χ1n) is 7.45. The van der Waals surface area contributed by atoms with Crippen LogP contribution in [0.25, 0.3) is 10.2 Å². The van der Waals surface area contributed by atoms with E-state index in [9.17, 15) is 14.4 Å². The van der Waals surface area contributed by atoms with Gasteiger partial charge in [-0.25, -0.2) is 4.98 Å². The van der Waals surface area contributed by atoms with Crippen LogP contribution < -0.4 is 10.9 Å². The second kappa shape index (κ2) is 6.11. The first-order valence-corrected chi connectivity index (χ1v) is 8.27. The molecular weight excluding hydrogens is 316 g/mol. The van der Waals surface area contributed by atoms with Crippen molar-refractivity contribution in [3.05, 3.63) is 27.1 Å². The first-order chi connectivity index (χ1) is 11.0. The number of aromatic nitrogens is 2. The normalized spacial score (nSPS) is 13.1. The molecule has 0 radical (unpaired) electrons. The third kappa shape index (κ3) is 2.86. The smallest absolute Gasteiger partial charge is 0.262 e. The van der Waals surface area contributed by atoms with Gasteiger partial charge >= 0.3 is 0 Å². The van der Waals surface area contributed by atoms with E-state index in [1.54, 1.807) is 11.3 Å². The summed E-state index contributed by atoms with van der Waals surface area (Å²) in [4.78, 5) is 43.8. The molecule has 1 aliphatic carbocycles. The number of likely N-dealkylation sites (N-methyl/N-ethyl adjacent to an activating group) is 2. The highest BCUT2D eigenvalue weighted by Crippen LogP contribution is 2.34. The molecule has 0 spiro atoms. The van der Waals surface area contributed by atoms with Gasteiger partial charge in [-0.3, -0.25) is 19.0 Å². The summed E-state index contributed by atoms with van der Waals surface area (Å²) in [6.45, 7) is -0.145. The maximum Gasteiger partial charge on any atom is 0.262 e. The highest BCUT2D eigenvalue weighted by molar-refractivity contribution is 7.18. The molecule has 7 nitrogen and oxygen atoms in total. The summed E-state index contributed by atoms with van der Waals surface area (Å²) in [7, 11) is 3.05. The Kier molecular flexibility index (Phi) is 4.16. The molecule has 2 heterocycles. The van der Waals surface area contributed by atoms with Crippen LogP contribution in [-0.2, 0) is 29.0 Å². The summed E-state index contributed by atoms with van der Waals surface area (Å²) < 4.78 is 1.33. The van der Waals surface area contributed by atoms with Crippen molar-refractivity contribution in [3.8, 4) is 0 Å². The van der Waals surface area contributed by atoms with Gasteiger partial charge in [-0.2, -0.15) is 0 Å². The lowest BCUT2D eigenvalue weighted by Gasteiger charge is -2.16. The van der Waals surface area contributed by atoms with Crippen LogP contribution in [0.3, 0.4) is 0 Å². The summed E-state index contributed by atoms with van der Waals surface area (Å²) in [5, 5.41) is 3.12. The second-order valence-electron chi connectivity index (χ2n) is 5.64. The Morgan fingerprint density at radius 2 is 2.22 bits per heavy atom. The van der Waals surface area contributed by atoms with Gasteiger partial charge < -0.3 is 10.2 Å². The van der Waals surface area contributed by atoms with Crippen LogP contribution in [-0.4, -0.2) is 46.9 Å². The van der Waals surface area contributed by atoms with E-state index in [1.165, 1.54) is 34.8 Å². The van der Waals surface area contributed by atoms with E-state index in [1.807, 2.05) is 0 Å². The fourth-order valence-electron chi connectivity index (χ4n) is 2.78. The predicted octanol–water partition coefficient (Wildman–Crippen LogP) is 0.151. The van der Waals surface area contributed by atoms with Gasteiger partial charge in [-0.05, 0) is 24.8 Å². The summed E-state index contributed by atoms with van der Waals surface area (Å²) in [5.74, 6) is -0.554. The zero-order valence-electron chi connectivity index (χ0n) is 13.1. The monoisotopic (exact) mass is 334 g/mol. The Hall–Kier alpha value is -2.22. The largest absolute Gasteiger partial charge is 0.358 e. The van der Waals surface area contributed by atoms with E-state index in [0.717, 1.165) is 29.7 Å². The van der Waals surface area contributed by atoms with E-state index in [4.69, 9.17) is 0 Å². The molecule has 0 unspecified atom stereocenters. The number of carbonyl (C=O) groups excluding carboxylic acids is 2. The zero-order valence-corrected chi connectivity index (χ0v) is 13.9. The molecule has 2 aromatic rings. The van der Waals surface area contributed by atoms with Crippen LogP contribution in [0.15, 0.2) is 11.1 Å². The molecular formula is C15H18N4O3S. The van der Waals surface area contributed by atoms with Crippen molar-refractivity contribution in [2.45, 2.75) is 25.8 Å². The third-order valence-corrected chi connectivity index (χ3v) is 5.28. The molecule has 0 aliphatic heterocycles. The van der Waals surface area contributed by atoms with E-state index in [2.05, 4.69) is 10.3 Å². The van der Waals surface area contributed by atoms with Gasteiger partial charge in [-0.15, -0.1) is 11.3 Å². The molecule has 2 aromatic heterocycles. The molecule has 0 saturated carbocycles. The van der Waals surface area contributed by atoms with Crippen LogP contribution in [0.1, 0.15) is 16.9 Å². The van der Waals surface area contributed by atoms with E-state index >= 15 is 0 Å². The minimum absolute atomic E-state index is 0.0341. The van der Waals surface area contributed by atoms with Gasteiger partial charge in [0, 0.05) is 19.0 Å². The molecule has 2 amide bonds. The van der Waals surface area contributed by atoms with Crippen molar-refractivity contribution in [1.29, 1.82) is 0 Å². The van der Waals surface area contributed by atoms with Gasteiger partial charge in [0.1, 0.15) is 11.4 Å². The Balaban J connectivity index is 1.86. The maximum atomic E-state index is 12.7. The van der Waals surface area contributed by atoms with Gasteiger partial charge in [0.2, 0.25) is 11.8 Å². The number of hydrogen-bond acceptors (Lipinski definition) is 5. The topological polar surface area (TPSA) is 84.3 Å². The van der Waals surface area contributed by atoms with Crippen LogP contribution in [0.5, 0.6) is 0 Å². The molecule has 0 bridgehead atoms. The molecule has 1 aliphatic rings. The van der Waals surface area contributed by atoms with Crippen molar-refractivity contribution >= 4 is 33.4 Å². The van der Waals surface area contributed by atoms with Crippen LogP contribution in [0, 0.1) is 0 Å². The summed E-state index contributed by atoms with van der Waals surface area (Å²) in [6, 6.07) is 0. The minimum atomic E-state index is -0.302. The van der Waals surface area contributed by atoms with E-state index in [0.29, 0.717) is 5.39 Å². The Labute approximate surface area is 136 Å². The van der Waals surface area contributed by atoms with E-state index < -0.39 is 0 Å². The molecule has 3 rings (SSSR count). The maximum absolute atomic E-state index is 12.7. The van der Waals surface area contributed by atoms with Crippen molar-refractivity contribution < 1.29 is 9.59 Å². The number of nitrogens with one attached hydrogen (secondary N) is 1. The van der Waals surface area contributed by atoms with Crippen molar-refractivity contribution in [1.82, 2.24) is 19.8 Å². The van der Waals surface area contributed by atoms with Crippen molar-refractivity contribution in [2.75, 3.05) is 20.6 Å². The number of nitrogens with zero attached hydrogens (tertiary/aromatic N) is 3. The molecule has 0 fully saturated rings. The lowest BCUT2D eigenvalue weighted by Crippen LogP contribution is -2.39. The number of amides is 2. The fourth-order valence-corrected chi connectivity index (χ4v) is 4.00. The van der Waals surface area contributed by atoms with Crippen LogP contribution in [0.4, 0.5) is 0 Å². The van der Waals surface area contributed by atoms with Crippen LogP contribution in [0.2, 0.25) is 0 Å². The average molecular weight is 334 g/mol. The first kappa shape index (κ1) is 15.7. The Bertz CT molecular complexity index is 839. The summed E-state index contributed by atoms with van der Waals surface area (Å²) in [6.07, 6.45) is 4.39. The molecule has 0 aromatic carbocycles. The molecule has 0 atom stereocenters. The van der Waals surface area contributed by atoms with Gasteiger partial charge in [0.15, 0.2) is 0 Å².